The van der Waals surface area contributed by atoms with Crippen LogP contribution < -0.4 is 15.0 Å². The average Bonchev–Trinajstić information content (AvgIpc) is 3.18. The van der Waals surface area contributed by atoms with Crippen molar-refractivity contribution in [1.82, 2.24) is 24.9 Å². The number of nitrogens with one attached hydrogen (secondary N) is 1. The number of benzene rings is 1. The third-order valence-corrected chi connectivity index (χ3v) is 5.05. The highest BCUT2D eigenvalue weighted by molar-refractivity contribution is 5.91. The monoisotopic (exact) mass is 478 g/mol. The summed E-state index contributed by atoms with van der Waals surface area (Å²) in [6.07, 6.45) is -4.49. The van der Waals surface area contributed by atoms with Crippen molar-refractivity contribution in [2.75, 3.05) is 11.9 Å². The summed E-state index contributed by atoms with van der Waals surface area (Å²) >= 11 is 0. The summed E-state index contributed by atoms with van der Waals surface area (Å²) in [5, 5.41) is 6.28. The molecule has 0 aliphatic heterocycles. The zero-order valence-electron chi connectivity index (χ0n) is 19.4. The maximum Gasteiger partial charge on any atom is 0.453 e. The highest BCUT2D eigenvalue weighted by atomic mass is 19.4. The molecular weight excluding hydrogens is 453 g/mol. The minimum atomic E-state index is -4.68. The van der Waals surface area contributed by atoms with E-state index in [9.17, 15) is 22.8 Å². The zero-order valence-corrected chi connectivity index (χ0v) is 19.4. The van der Waals surface area contributed by atoms with Gasteiger partial charge >= 0.3 is 18.2 Å². The van der Waals surface area contributed by atoms with E-state index in [1.807, 2.05) is 13.8 Å². The second-order valence-electron chi connectivity index (χ2n) is 8.04. The first-order chi connectivity index (χ1) is 15.9. The summed E-state index contributed by atoms with van der Waals surface area (Å²) in [7, 11) is 1.63. The predicted octanol–water partition coefficient (Wildman–Crippen LogP) is 3.85. The Labute approximate surface area is 193 Å². The number of esters is 1. The van der Waals surface area contributed by atoms with Gasteiger partial charge < -0.3 is 10.1 Å². The number of rotatable bonds is 6. The van der Waals surface area contributed by atoms with Crippen molar-refractivity contribution >= 4 is 23.5 Å². The van der Waals surface area contributed by atoms with Crippen LogP contribution in [0.15, 0.2) is 24.3 Å². The van der Waals surface area contributed by atoms with Gasteiger partial charge in [0.2, 0.25) is 0 Å². The van der Waals surface area contributed by atoms with E-state index >= 15 is 0 Å². The second kappa shape index (κ2) is 9.65. The van der Waals surface area contributed by atoms with Crippen LogP contribution in [0.2, 0.25) is 0 Å². The highest BCUT2D eigenvalue weighted by Gasteiger charge is 2.37. The number of carbonyl (C=O) groups is 2. The molecule has 0 atom stereocenters. The number of aryl methyl sites for hydroxylation is 2. The van der Waals surface area contributed by atoms with Gasteiger partial charge in [0, 0.05) is 30.2 Å². The van der Waals surface area contributed by atoms with Gasteiger partial charge in [-0.25, -0.2) is 14.3 Å². The minimum Gasteiger partial charge on any atom is -0.427 e. The Kier molecular flexibility index (Phi) is 7.08. The number of amides is 2. The van der Waals surface area contributed by atoms with E-state index in [4.69, 9.17) is 4.74 Å². The molecule has 0 saturated heterocycles. The van der Waals surface area contributed by atoms with Crippen LogP contribution in [0, 0.1) is 13.8 Å². The Morgan fingerprint density at radius 2 is 1.79 bits per heavy atom. The van der Waals surface area contributed by atoms with Gasteiger partial charge in [0.05, 0.1) is 6.42 Å². The topological polar surface area (TPSA) is 102 Å². The second-order valence-corrected chi connectivity index (χ2v) is 8.04. The molecule has 2 aromatic heterocycles. The van der Waals surface area contributed by atoms with Gasteiger partial charge in [0.15, 0.2) is 0 Å². The fourth-order valence-electron chi connectivity index (χ4n) is 3.30. The van der Waals surface area contributed by atoms with Gasteiger partial charge in [-0.15, -0.1) is 5.10 Å². The summed E-state index contributed by atoms with van der Waals surface area (Å²) in [6.45, 7) is 6.95. The number of hydrogen-bond donors (Lipinski definition) is 1. The summed E-state index contributed by atoms with van der Waals surface area (Å²) in [4.78, 5) is 33.4. The van der Waals surface area contributed by atoms with Crippen molar-refractivity contribution in [3.63, 3.8) is 0 Å². The molecule has 0 bridgehead atoms. The van der Waals surface area contributed by atoms with E-state index in [0.29, 0.717) is 28.4 Å². The van der Waals surface area contributed by atoms with Crippen LogP contribution in [0.5, 0.6) is 5.75 Å². The van der Waals surface area contributed by atoms with E-state index in [1.165, 1.54) is 4.90 Å². The first-order valence-electron chi connectivity index (χ1n) is 10.5. The molecule has 2 amide bonds. The van der Waals surface area contributed by atoms with E-state index in [0.717, 1.165) is 4.52 Å². The molecule has 0 spiro atoms. The lowest BCUT2D eigenvalue weighted by molar-refractivity contribution is -0.144. The number of aromatic nitrogens is 4. The molecule has 9 nitrogen and oxygen atoms in total. The molecule has 34 heavy (non-hydrogen) atoms. The van der Waals surface area contributed by atoms with Crippen LogP contribution >= 0.6 is 0 Å². The van der Waals surface area contributed by atoms with Crippen LogP contribution in [0.3, 0.4) is 0 Å². The lowest BCUT2D eigenvalue weighted by atomic mass is 10.1. The molecule has 1 N–H and O–H groups in total. The number of carbonyl (C=O) groups excluding carboxylic acids is 2. The Morgan fingerprint density at radius 3 is 2.38 bits per heavy atom. The van der Waals surface area contributed by atoms with Crippen molar-refractivity contribution in [2.45, 2.75) is 52.8 Å². The average molecular weight is 478 g/mol. The van der Waals surface area contributed by atoms with Crippen LogP contribution in [-0.2, 0) is 17.4 Å². The number of nitrogens with zero attached hydrogens (tertiary/aromatic N) is 5. The van der Waals surface area contributed by atoms with Gasteiger partial charge in [0.25, 0.3) is 11.6 Å². The number of fused-ring (bicyclic) bond motifs is 1. The number of ether oxygens (including phenoxy) is 1. The molecule has 0 aliphatic rings. The van der Waals surface area contributed by atoms with Gasteiger partial charge in [-0.3, -0.25) is 9.69 Å². The maximum atomic E-state index is 12.9. The molecule has 0 radical (unpaired) electrons. The molecular formula is C22H25F3N6O3. The largest absolute Gasteiger partial charge is 0.453 e. The molecule has 1 aromatic carbocycles. The normalized spacial score (nSPS) is 11.7. The SMILES string of the molecule is Cc1nc2nc(C(F)(F)F)nn2c(C)c1CCC(=O)Oc1ccc(N(C)C(=O)NC(C)C)cc1. The summed E-state index contributed by atoms with van der Waals surface area (Å²) in [5.41, 5.74) is 2.10. The Bertz CT molecular complexity index is 1210. The van der Waals surface area contributed by atoms with Crippen molar-refractivity contribution in [2.24, 2.45) is 0 Å². The smallest absolute Gasteiger partial charge is 0.427 e. The molecule has 12 heteroatoms. The van der Waals surface area contributed by atoms with Gasteiger partial charge in [-0.2, -0.15) is 18.2 Å². The Morgan fingerprint density at radius 1 is 1.15 bits per heavy atom. The third kappa shape index (κ3) is 5.61. The molecule has 3 rings (SSSR count). The standard InChI is InChI=1S/C22H25F3N6O3/c1-12(2)26-21(33)30(5)15-6-8-16(9-7-15)34-18(32)11-10-17-13(3)27-20-28-19(22(23,24)25)29-31(20)14(17)4/h6-9,12H,10-11H2,1-5H3,(H,26,33). The van der Waals surface area contributed by atoms with Gasteiger partial charge in [-0.05, 0) is 63.9 Å². The first-order valence-corrected chi connectivity index (χ1v) is 10.5. The summed E-state index contributed by atoms with van der Waals surface area (Å²) in [5.74, 6) is -1.64. The molecule has 2 heterocycles. The fraction of sp³-hybridized carbons (Fsp3) is 0.409. The maximum absolute atomic E-state index is 12.9. The summed E-state index contributed by atoms with van der Waals surface area (Å²) < 4.78 is 45.2. The quantitative estimate of drug-likeness (QED) is 0.427. The number of anilines is 1. The van der Waals surface area contributed by atoms with Gasteiger partial charge in [0.1, 0.15) is 5.75 Å². The molecule has 182 valence electrons. The van der Waals surface area contributed by atoms with Crippen LogP contribution in [-0.4, -0.2) is 44.7 Å². The molecule has 0 aliphatic carbocycles. The minimum absolute atomic E-state index is 0.00499. The molecule has 0 fully saturated rings. The van der Waals surface area contributed by atoms with Crippen LogP contribution in [0.1, 0.15) is 43.0 Å². The number of alkyl halides is 3. The molecule has 0 saturated carbocycles. The molecule has 3 aromatic rings. The third-order valence-electron chi connectivity index (χ3n) is 5.05. The fourth-order valence-corrected chi connectivity index (χ4v) is 3.30. The van der Waals surface area contributed by atoms with E-state index in [1.54, 1.807) is 45.2 Å². The molecule has 0 unspecified atom stereocenters. The van der Waals surface area contributed by atoms with Gasteiger partial charge in [-0.1, -0.05) is 0 Å². The highest BCUT2D eigenvalue weighted by Crippen LogP contribution is 2.27. The number of urea groups is 1. The van der Waals surface area contributed by atoms with E-state index < -0.39 is 18.0 Å². The lowest BCUT2D eigenvalue weighted by Crippen LogP contribution is -2.40. The van der Waals surface area contributed by atoms with Crippen LogP contribution in [0.25, 0.3) is 5.78 Å². The summed E-state index contributed by atoms with van der Waals surface area (Å²) in [6, 6.07) is 6.19. The van der Waals surface area contributed by atoms with Crippen LogP contribution in [0.4, 0.5) is 23.7 Å². The Balaban J connectivity index is 1.65. The van der Waals surface area contributed by atoms with E-state index in [2.05, 4.69) is 20.4 Å². The van der Waals surface area contributed by atoms with Crippen molar-refractivity contribution in [3.8, 4) is 5.75 Å². The van der Waals surface area contributed by atoms with Crippen molar-refractivity contribution < 1.29 is 27.5 Å². The number of hydrogen-bond acceptors (Lipinski definition) is 6. The van der Waals surface area contributed by atoms with E-state index in [-0.39, 0.29) is 30.7 Å². The Hall–Kier alpha value is -3.70. The lowest BCUT2D eigenvalue weighted by Gasteiger charge is -2.20. The number of halogens is 3. The van der Waals surface area contributed by atoms with Crippen molar-refractivity contribution in [3.05, 3.63) is 47.0 Å². The first kappa shape index (κ1) is 24.9. The predicted molar refractivity (Wildman–Crippen MR) is 118 cm³/mol. The zero-order chi connectivity index (χ0) is 25.2. The van der Waals surface area contributed by atoms with Crippen molar-refractivity contribution in [1.29, 1.82) is 0 Å².